The van der Waals surface area contributed by atoms with Crippen molar-refractivity contribution in [3.63, 3.8) is 0 Å². The molecule has 166 valence electrons. The zero-order valence-electron chi connectivity index (χ0n) is 18.1. The first-order valence-corrected chi connectivity index (χ1v) is 11.2. The SMILES string of the molecule is COc1cc(NC(=O)c2ccccc2)c(OC)cc1NC(=O)CCCSc1ccccc1. The quantitative estimate of drug-likeness (QED) is 0.317. The fourth-order valence-electron chi connectivity index (χ4n) is 3.03. The second-order valence-corrected chi connectivity index (χ2v) is 8.05. The fraction of sp³-hybridized carbons (Fsp3) is 0.200. The van der Waals surface area contributed by atoms with Gasteiger partial charge in [0.05, 0.1) is 25.6 Å². The van der Waals surface area contributed by atoms with Crippen LogP contribution in [0.4, 0.5) is 11.4 Å². The van der Waals surface area contributed by atoms with Gasteiger partial charge in [0, 0.05) is 29.0 Å². The summed E-state index contributed by atoms with van der Waals surface area (Å²) in [6, 6.07) is 22.3. The number of nitrogens with one attached hydrogen (secondary N) is 2. The van der Waals surface area contributed by atoms with Crippen LogP contribution in [-0.4, -0.2) is 31.8 Å². The molecule has 3 rings (SSSR count). The summed E-state index contributed by atoms with van der Waals surface area (Å²) in [5.74, 6) is 1.33. The molecule has 0 saturated carbocycles. The third kappa shape index (κ3) is 6.52. The third-order valence-electron chi connectivity index (χ3n) is 4.64. The first-order chi connectivity index (χ1) is 15.6. The Morgan fingerprint density at radius 1 is 0.812 bits per heavy atom. The molecule has 2 N–H and O–H groups in total. The lowest BCUT2D eigenvalue weighted by Crippen LogP contribution is -2.15. The van der Waals surface area contributed by atoms with Gasteiger partial charge in [0.1, 0.15) is 11.5 Å². The molecule has 3 aromatic carbocycles. The van der Waals surface area contributed by atoms with Gasteiger partial charge in [-0.3, -0.25) is 9.59 Å². The van der Waals surface area contributed by atoms with E-state index < -0.39 is 0 Å². The first kappa shape index (κ1) is 23.2. The molecule has 0 radical (unpaired) electrons. The Morgan fingerprint density at radius 2 is 1.38 bits per heavy atom. The van der Waals surface area contributed by atoms with Gasteiger partial charge in [0.2, 0.25) is 5.91 Å². The minimum Gasteiger partial charge on any atom is -0.494 e. The second-order valence-electron chi connectivity index (χ2n) is 6.89. The normalized spacial score (nSPS) is 10.3. The van der Waals surface area contributed by atoms with E-state index in [2.05, 4.69) is 22.8 Å². The van der Waals surface area contributed by atoms with E-state index in [1.165, 1.54) is 19.1 Å². The number of methoxy groups -OCH3 is 2. The first-order valence-electron chi connectivity index (χ1n) is 10.2. The number of ether oxygens (including phenoxy) is 2. The summed E-state index contributed by atoms with van der Waals surface area (Å²) in [6.07, 6.45) is 1.13. The molecule has 0 spiro atoms. The van der Waals surface area contributed by atoms with Crippen LogP contribution in [-0.2, 0) is 4.79 Å². The van der Waals surface area contributed by atoms with Crippen molar-refractivity contribution in [2.45, 2.75) is 17.7 Å². The van der Waals surface area contributed by atoms with Crippen molar-refractivity contribution >= 4 is 35.0 Å². The largest absolute Gasteiger partial charge is 0.494 e. The molecule has 0 saturated heterocycles. The van der Waals surface area contributed by atoms with Gasteiger partial charge in [0.15, 0.2) is 0 Å². The van der Waals surface area contributed by atoms with E-state index in [-0.39, 0.29) is 11.8 Å². The van der Waals surface area contributed by atoms with Crippen LogP contribution in [0.15, 0.2) is 77.7 Å². The lowest BCUT2D eigenvalue weighted by molar-refractivity contribution is -0.116. The van der Waals surface area contributed by atoms with Crippen LogP contribution in [0.5, 0.6) is 11.5 Å². The van der Waals surface area contributed by atoms with Crippen molar-refractivity contribution in [1.29, 1.82) is 0 Å². The molecule has 0 fully saturated rings. The topological polar surface area (TPSA) is 76.7 Å². The number of thioether (sulfide) groups is 1. The Balaban J connectivity index is 1.62. The summed E-state index contributed by atoms with van der Waals surface area (Å²) < 4.78 is 10.9. The number of hydrogen-bond acceptors (Lipinski definition) is 5. The Kier molecular flexibility index (Phi) is 8.57. The average molecular weight is 451 g/mol. The molecule has 0 atom stereocenters. The highest BCUT2D eigenvalue weighted by molar-refractivity contribution is 7.99. The monoisotopic (exact) mass is 450 g/mol. The van der Waals surface area contributed by atoms with Crippen LogP contribution in [0.3, 0.4) is 0 Å². The number of carbonyl (C=O) groups is 2. The lowest BCUT2D eigenvalue weighted by atomic mass is 10.2. The molecule has 3 aromatic rings. The smallest absolute Gasteiger partial charge is 0.255 e. The maximum atomic E-state index is 12.5. The molecular formula is C25H26N2O4S. The van der Waals surface area contributed by atoms with Crippen LogP contribution < -0.4 is 20.1 Å². The van der Waals surface area contributed by atoms with Gasteiger partial charge in [0.25, 0.3) is 5.91 Å². The minimum atomic E-state index is -0.265. The van der Waals surface area contributed by atoms with Crippen molar-refractivity contribution in [3.05, 3.63) is 78.4 Å². The number of carbonyl (C=O) groups excluding carboxylic acids is 2. The molecular weight excluding hydrogens is 424 g/mol. The zero-order valence-corrected chi connectivity index (χ0v) is 18.9. The van der Waals surface area contributed by atoms with Crippen molar-refractivity contribution in [1.82, 2.24) is 0 Å². The molecule has 0 aliphatic rings. The van der Waals surface area contributed by atoms with Gasteiger partial charge in [-0.25, -0.2) is 0 Å². The van der Waals surface area contributed by atoms with Crippen LogP contribution in [0, 0.1) is 0 Å². The van der Waals surface area contributed by atoms with Gasteiger partial charge >= 0.3 is 0 Å². The van der Waals surface area contributed by atoms with E-state index in [0.717, 1.165) is 12.2 Å². The molecule has 0 aliphatic carbocycles. The minimum absolute atomic E-state index is 0.111. The Labute approximate surface area is 192 Å². The number of amides is 2. The van der Waals surface area contributed by atoms with Crippen molar-refractivity contribution in [3.8, 4) is 11.5 Å². The number of hydrogen-bond donors (Lipinski definition) is 2. The van der Waals surface area contributed by atoms with Gasteiger partial charge in [-0.05, 0) is 36.4 Å². The van der Waals surface area contributed by atoms with E-state index in [0.29, 0.717) is 34.9 Å². The standard InChI is InChI=1S/C25H26N2O4S/c1-30-22-17-21(27-25(29)18-10-5-3-6-11-18)23(31-2)16-20(22)26-24(28)14-9-15-32-19-12-7-4-8-13-19/h3-8,10-13,16-17H,9,14-15H2,1-2H3,(H,26,28)(H,27,29). The highest BCUT2D eigenvalue weighted by Crippen LogP contribution is 2.36. The van der Waals surface area contributed by atoms with Gasteiger partial charge in [-0.15, -0.1) is 11.8 Å². The predicted molar refractivity (Wildman–Crippen MR) is 129 cm³/mol. The van der Waals surface area contributed by atoms with E-state index in [1.807, 2.05) is 24.3 Å². The van der Waals surface area contributed by atoms with E-state index in [4.69, 9.17) is 9.47 Å². The van der Waals surface area contributed by atoms with E-state index >= 15 is 0 Å². The summed E-state index contributed by atoms with van der Waals surface area (Å²) in [5, 5.41) is 5.71. The highest BCUT2D eigenvalue weighted by atomic mass is 32.2. The van der Waals surface area contributed by atoms with Crippen molar-refractivity contribution in [2.24, 2.45) is 0 Å². The summed E-state index contributed by atoms with van der Waals surface area (Å²) >= 11 is 1.72. The van der Waals surface area contributed by atoms with Crippen molar-refractivity contribution < 1.29 is 19.1 Å². The van der Waals surface area contributed by atoms with Gasteiger partial charge in [-0.1, -0.05) is 36.4 Å². The summed E-state index contributed by atoms with van der Waals surface area (Å²) in [7, 11) is 3.02. The molecule has 0 bridgehead atoms. The highest BCUT2D eigenvalue weighted by Gasteiger charge is 2.16. The number of anilines is 2. The predicted octanol–water partition coefficient (Wildman–Crippen LogP) is 5.47. The molecule has 0 aromatic heterocycles. The molecule has 0 unspecified atom stereocenters. The molecule has 32 heavy (non-hydrogen) atoms. The number of rotatable bonds is 10. The van der Waals surface area contributed by atoms with Crippen LogP contribution >= 0.6 is 11.8 Å². The maximum absolute atomic E-state index is 12.5. The lowest BCUT2D eigenvalue weighted by Gasteiger charge is -2.16. The molecule has 2 amide bonds. The van der Waals surface area contributed by atoms with Gasteiger partial charge < -0.3 is 20.1 Å². The summed E-state index contributed by atoms with van der Waals surface area (Å²) in [6.45, 7) is 0. The summed E-state index contributed by atoms with van der Waals surface area (Å²) in [4.78, 5) is 26.2. The summed E-state index contributed by atoms with van der Waals surface area (Å²) in [5.41, 5.74) is 1.47. The fourth-order valence-corrected chi connectivity index (χ4v) is 3.90. The van der Waals surface area contributed by atoms with E-state index in [1.54, 1.807) is 48.2 Å². The van der Waals surface area contributed by atoms with E-state index in [9.17, 15) is 9.59 Å². The molecule has 6 nitrogen and oxygen atoms in total. The molecule has 0 heterocycles. The van der Waals surface area contributed by atoms with Crippen LogP contribution in [0.1, 0.15) is 23.2 Å². The molecule has 0 aliphatic heterocycles. The second kappa shape index (κ2) is 11.8. The Bertz CT molecular complexity index is 1040. The zero-order chi connectivity index (χ0) is 22.8. The van der Waals surface area contributed by atoms with Gasteiger partial charge in [-0.2, -0.15) is 0 Å². The Morgan fingerprint density at radius 3 is 1.97 bits per heavy atom. The van der Waals surface area contributed by atoms with Crippen LogP contribution in [0.25, 0.3) is 0 Å². The molecule has 7 heteroatoms. The van der Waals surface area contributed by atoms with Crippen LogP contribution in [0.2, 0.25) is 0 Å². The third-order valence-corrected chi connectivity index (χ3v) is 5.74. The number of benzene rings is 3. The van der Waals surface area contributed by atoms with Crippen molar-refractivity contribution in [2.75, 3.05) is 30.6 Å². The maximum Gasteiger partial charge on any atom is 0.255 e. The Hall–Kier alpha value is -3.45. The average Bonchev–Trinajstić information content (AvgIpc) is 2.83.